The molecule has 2 aliphatic rings. The molecule has 0 aliphatic carbocycles. The lowest BCUT2D eigenvalue weighted by atomic mass is 10.1. The molecular formula is C22H25N3O2. The molecule has 0 N–H and O–H groups in total. The Morgan fingerprint density at radius 3 is 2.19 bits per heavy atom. The van der Waals surface area contributed by atoms with Gasteiger partial charge in [0.2, 0.25) is 0 Å². The molecule has 0 bridgehead atoms. The smallest absolute Gasteiger partial charge is 0.299 e. The van der Waals surface area contributed by atoms with Crippen LogP contribution in [-0.2, 0) is 11.3 Å². The van der Waals surface area contributed by atoms with Crippen molar-refractivity contribution in [1.82, 2.24) is 9.80 Å². The number of para-hydroxylation sites is 1. The fraction of sp³-hybridized carbons (Fsp3) is 0.364. The van der Waals surface area contributed by atoms with E-state index in [-0.39, 0.29) is 11.7 Å². The van der Waals surface area contributed by atoms with Crippen LogP contribution in [0.1, 0.15) is 22.3 Å². The van der Waals surface area contributed by atoms with E-state index < -0.39 is 0 Å². The van der Waals surface area contributed by atoms with Crippen LogP contribution < -0.4 is 4.90 Å². The molecule has 1 fully saturated rings. The molecule has 140 valence electrons. The minimum atomic E-state index is -0.385. The van der Waals surface area contributed by atoms with E-state index >= 15 is 0 Å². The number of fused-ring (bicyclic) bond motifs is 1. The Morgan fingerprint density at radius 1 is 0.741 bits per heavy atom. The number of anilines is 1. The maximum atomic E-state index is 12.2. The Hall–Kier alpha value is -2.50. The Bertz CT molecular complexity index is 813. The van der Waals surface area contributed by atoms with Crippen LogP contribution in [0.3, 0.4) is 0 Å². The third kappa shape index (κ3) is 3.94. The summed E-state index contributed by atoms with van der Waals surface area (Å²) in [6, 6.07) is 17.9. The Morgan fingerprint density at radius 2 is 1.41 bits per heavy atom. The standard InChI is InChI=1S/C22H25N3O2/c26-21-19-9-4-5-10-20(19)25(22(21)27)12-6-11-23-13-15-24(16-14-23)17-18-7-2-1-3-8-18/h1-5,7-10H,6,11-17H2. The lowest BCUT2D eigenvalue weighted by Crippen LogP contribution is -2.46. The number of nitrogens with zero attached hydrogens (tertiary/aromatic N) is 3. The summed E-state index contributed by atoms with van der Waals surface area (Å²) in [6.07, 6.45) is 0.881. The molecule has 2 aromatic carbocycles. The Balaban J connectivity index is 1.23. The van der Waals surface area contributed by atoms with Crippen molar-refractivity contribution in [1.29, 1.82) is 0 Å². The first kappa shape index (κ1) is 17.9. The van der Waals surface area contributed by atoms with Crippen LogP contribution in [0.15, 0.2) is 54.6 Å². The van der Waals surface area contributed by atoms with Gasteiger partial charge in [-0.2, -0.15) is 0 Å². The molecule has 0 atom stereocenters. The summed E-state index contributed by atoms with van der Waals surface area (Å²) in [6.45, 7) is 6.81. The summed E-state index contributed by atoms with van der Waals surface area (Å²) in [5.41, 5.74) is 2.67. The topological polar surface area (TPSA) is 43.9 Å². The predicted octanol–water partition coefficient (Wildman–Crippen LogP) is 2.42. The van der Waals surface area contributed by atoms with E-state index in [0.29, 0.717) is 12.1 Å². The van der Waals surface area contributed by atoms with E-state index in [9.17, 15) is 9.59 Å². The average Bonchev–Trinajstić information content (AvgIpc) is 2.95. The van der Waals surface area contributed by atoms with Crippen molar-refractivity contribution < 1.29 is 9.59 Å². The number of rotatable bonds is 6. The number of piperazine rings is 1. The fourth-order valence-corrected chi connectivity index (χ4v) is 3.94. The van der Waals surface area contributed by atoms with Crippen molar-refractivity contribution in [2.24, 2.45) is 0 Å². The van der Waals surface area contributed by atoms with E-state index in [0.717, 1.165) is 51.4 Å². The van der Waals surface area contributed by atoms with Gasteiger partial charge in [0, 0.05) is 39.3 Å². The predicted molar refractivity (Wildman–Crippen MR) is 106 cm³/mol. The zero-order valence-corrected chi connectivity index (χ0v) is 15.5. The van der Waals surface area contributed by atoms with Gasteiger partial charge >= 0.3 is 0 Å². The molecule has 0 radical (unpaired) electrons. The summed E-state index contributed by atoms with van der Waals surface area (Å²) in [5.74, 6) is -0.760. The normalized spacial score (nSPS) is 18.1. The number of amides is 1. The largest absolute Gasteiger partial charge is 0.305 e. The van der Waals surface area contributed by atoms with Crippen LogP contribution in [0.4, 0.5) is 5.69 Å². The van der Waals surface area contributed by atoms with Gasteiger partial charge in [0.1, 0.15) is 0 Å². The van der Waals surface area contributed by atoms with Crippen LogP contribution in [0.2, 0.25) is 0 Å². The zero-order valence-electron chi connectivity index (χ0n) is 15.5. The second-order valence-corrected chi connectivity index (χ2v) is 7.26. The minimum absolute atomic E-state index is 0.375. The van der Waals surface area contributed by atoms with Crippen molar-refractivity contribution in [2.45, 2.75) is 13.0 Å². The average molecular weight is 363 g/mol. The van der Waals surface area contributed by atoms with Gasteiger partial charge in [-0.1, -0.05) is 42.5 Å². The van der Waals surface area contributed by atoms with Crippen LogP contribution in [0.25, 0.3) is 0 Å². The summed E-state index contributed by atoms with van der Waals surface area (Å²) >= 11 is 0. The van der Waals surface area contributed by atoms with Crippen molar-refractivity contribution in [2.75, 3.05) is 44.2 Å². The van der Waals surface area contributed by atoms with Crippen molar-refractivity contribution >= 4 is 17.4 Å². The molecule has 0 aromatic heterocycles. The van der Waals surface area contributed by atoms with Gasteiger partial charge < -0.3 is 9.80 Å². The molecule has 5 nitrogen and oxygen atoms in total. The second kappa shape index (κ2) is 8.03. The lowest BCUT2D eigenvalue weighted by molar-refractivity contribution is -0.114. The molecule has 2 aromatic rings. The first-order valence-electron chi connectivity index (χ1n) is 9.66. The van der Waals surface area contributed by atoms with E-state index in [2.05, 4.69) is 40.1 Å². The number of benzene rings is 2. The molecule has 27 heavy (non-hydrogen) atoms. The maximum Gasteiger partial charge on any atom is 0.299 e. The highest BCUT2D eigenvalue weighted by Gasteiger charge is 2.34. The third-order valence-electron chi connectivity index (χ3n) is 5.45. The summed E-state index contributed by atoms with van der Waals surface area (Å²) in [4.78, 5) is 30.9. The number of carbonyl (C=O) groups excluding carboxylic acids is 2. The van der Waals surface area contributed by atoms with Crippen LogP contribution in [0, 0.1) is 0 Å². The number of hydrogen-bond acceptors (Lipinski definition) is 4. The molecular weight excluding hydrogens is 338 g/mol. The second-order valence-electron chi connectivity index (χ2n) is 7.26. The summed E-state index contributed by atoms with van der Waals surface area (Å²) in [7, 11) is 0. The van der Waals surface area contributed by atoms with Crippen molar-refractivity contribution in [3.8, 4) is 0 Å². The summed E-state index contributed by atoms with van der Waals surface area (Å²) < 4.78 is 0. The third-order valence-corrected chi connectivity index (χ3v) is 5.45. The first-order valence-corrected chi connectivity index (χ1v) is 9.66. The molecule has 2 heterocycles. The maximum absolute atomic E-state index is 12.2. The Kier molecular flexibility index (Phi) is 5.32. The van der Waals surface area contributed by atoms with Crippen LogP contribution in [-0.4, -0.2) is 60.8 Å². The van der Waals surface area contributed by atoms with Gasteiger partial charge in [0.25, 0.3) is 11.7 Å². The zero-order chi connectivity index (χ0) is 18.6. The van der Waals surface area contributed by atoms with Crippen molar-refractivity contribution in [3.63, 3.8) is 0 Å². The molecule has 1 saturated heterocycles. The van der Waals surface area contributed by atoms with Gasteiger partial charge in [-0.05, 0) is 30.7 Å². The molecule has 0 saturated carbocycles. The van der Waals surface area contributed by atoms with Gasteiger partial charge in [0.05, 0.1) is 11.3 Å². The molecule has 0 unspecified atom stereocenters. The van der Waals surface area contributed by atoms with E-state index in [1.54, 1.807) is 11.0 Å². The highest BCUT2D eigenvalue weighted by Crippen LogP contribution is 2.28. The Labute approximate surface area is 160 Å². The van der Waals surface area contributed by atoms with Gasteiger partial charge in [-0.15, -0.1) is 0 Å². The number of Topliss-reactive ketones (excluding diaryl/α,β-unsaturated/α-hetero) is 1. The molecule has 4 rings (SSSR count). The molecule has 1 amide bonds. The lowest BCUT2D eigenvalue weighted by Gasteiger charge is -2.35. The number of hydrogen-bond donors (Lipinski definition) is 0. The molecule has 2 aliphatic heterocycles. The number of ketones is 1. The van der Waals surface area contributed by atoms with E-state index in [1.165, 1.54) is 5.56 Å². The number of carbonyl (C=O) groups is 2. The van der Waals surface area contributed by atoms with Gasteiger partial charge in [0.15, 0.2) is 0 Å². The highest BCUT2D eigenvalue weighted by atomic mass is 16.2. The monoisotopic (exact) mass is 363 g/mol. The SMILES string of the molecule is O=C1C(=O)N(CCCN2CCN(Cc3ccccc3)CC2)c2ccccc21. The van der Waals surface area contributed by atoms with E-state index in [4.69, 9.17) is 0 Å². The quantitative estimate of drug-likeness (QED) is 0.740. The minimum Gasteiger partial charge on any atom is -0.305 e. The summed E-state index contributed by atoms with van der Waals surface area (Å²) in [5, 5.41) is 0. The first-order chi connectivity index (χ1) is 13.2. The van der Waals surface area contributed by atoms with E-state index in [1.807, 2.05) is 18.2 Å². The fourth-order valence-electron chi connectivity index (χ4n) is 3.94. The molecule has 5 heteroatoms. The van der Waals surface area contributed by atoms with Gasteiger partial charge in [-0.3, -0.25) is 14.5 Å². The van der Waals surface area contributed by atoms with Crippen LogP contribution >= 0.6 is 0 Å². The molecule has 0 spiro atoms. The highest BCUT2D eigenvalue weighted by molar-refractivity contribution is 6.52. The van der Waals surface area contributed by atoms with Crippen molar-refractivity contribution in [3.05, 3.63) is 65.7 Å². The van der Waals surface area contributed by atoms with Gasteiger partial charge in [-0.25, -0.2) is 0 Å². The van der Waals surface area contributed by atoms with Crippen LogP contribution in [0.5, 0.6) is 0 Å².